The molecule has 2 aromatic heterocycles. The maximum absolute atomic E-state index is 12.9. The Hall–Kier alpha value is -3.90. The van der Waals surface area contributed by atoms with Crippen LogP contribution in [0, 0.1) is 0 Å². The number of amides is 1. The summed E-state index contributed by atoms with van der Waals surface area (Å²) in [7, 11) is 0. The summed E-state index contributed by atoms with van der Waals surface area (Å²) < 4.78 is 1.90. The fraction of sp³-hybridized carbons (Fsp3) is 0.0741. The number of benzene rings is 3. The third-order valence-corrected chi connectivity index (χ3v) is 6.53. The van der Waals surface area contributed by atoms with Gasteiger partial charge in [0.1, 0.15) is 6.54 Å². The Morgan fingerprint density at radius 3 is 2.15 bits per heavy atom. The lowest BCUT2D eigenvalue weighted by molar-refractivity contribution is -0.116. The number of thioether (sulfide) groups is 1. The molecule has 3 aromatic carbocycles. The molecular formula is C27H21N3O2S. The minimum absolute atomic E-state index is 0.0165. The van der Waals surface area contributed by atoms with Gasteiger partial charge >= 0.3 is 0 Å². The topological polar surface area (TPSA) is 64.0 Å². The molecule has 2 heterocycles. The predicted molar refractivity (Wildman–Crippen MR) is 135 cm³/mol. The van der Waals surface area contributed by atoms with E-state index in [4.69, 9.17) is 0 Å². The highest BCUT2D eigenvalue weighted by Crippen LogP contribution is 2.24. The molecule has 0 saturated heterocycles. The number of carbonyl (C=O) groups is 1. The average Bonchev–Trinajstić information content (AvgIpc) is 2.87. The monoisotopic (exact) mass is 451 g/mol. The maximum Gasteiger partial charge on any atom is 0.244 e. The number of hydrogen-bond donors (Lipinski definition) is 1. The maximum atomic E-state index is 12.9. The number of para-hydroxylation sites is 2. The summed E-state index contributed by atoms with van der Waals surface area (Å²) in [6.07, 6.45) is 3.64. The zero-order valence-electron chi connectivity index (χ0n) is 17.8. The Morgan fingerprint density at radius 1 is 0.848 bits per heavy atom. The summed E-state index contributed by atoms with van der Waals surface area (Å²) in [6.45, 7) is 0.110. The smallest absolute Gasteiger partial charge is 0.244 e. The van der Waals surface area contributed by atoms with Gasteiger partial charge in [-0.25, -0.2) is 0 Å². The van der Waals surface area contributed by atoms with E-state index in [1.807, 2.05) is 77.5 Å². The molecule has 0 saturated carbocycles. The van der Waals surface area contributed by atoms with Crippen molar-refractivity contribution in [2.75, 3.05) is 5.32 Å². The van der Waals surface area contributed by atoms with Crippen LogP contribution in [0.25, 0.3) is 21.8 Å². The van der Waals surface area contributed by atoms with Gasteiger partial charge in [0.25, 0.3) is 0 Å². The highest BCUT2D eigenvalue weighted by molar-refractivity contribution is 7.98. The van der Waals surface area contributed by atoms with Crippen molar-refractivity contribution in [1.29, 1.82) is 0 Å². The Morgan fingerprint density at radius 2 is 1.52 bits per heavy atom. The van der Waals surface area contributed by atoms with Crippen LogP contribution in [0.1, 0.15) is 5.56 Å². The molecular weight excluding hydrogens is 430 g/mol. The first kappa shape index (κ1) is 21.0. The summed E-state index contributed by atoms with van der Waals surface area (Å²) in [5.74, 6) is 0.691. The lowest BCUT2D eigenvalue weighted by Crippen LogP contribution is -2.21. The molecule has 1 N–H and O–H groups in total. The van der Waals surface area contributed by atoms with Gasteiger partial charge in [-0.2, -0.15) is 0 Å². The first-order chi connectivity index (χ1) is 16.2. The number of rotatable bonds is 6. The van der Waals surface area contributed by atoms with E-state index in [2.05, 4.69) is 16.4 Å². The largest absolute Gasteiger partial charge is 0.331 e. The second kappa shape index (κ2) is 9.30. The van der Waals surface area contributed by atoms with E-state index < -0.39 is 0 Å². The Kier molecular flexibility index (Phi) is 5.91. The van der Waals surface area contributed by atoms with E-state index in [1.165, 1.54) is 5.56 Å². The van der Waals surface area contributed by atoms with Crippen LogP contribution >= 0.6 is 11.8 Å². The van der Waals surface area contributed by atoms with Gasteiger partial charge in [0.15, 0.2) is 5.43 Å². The van der Waals surface area contributed by atoms with E-state index in [9.17, 15) is 9.59 Å². The first-order valence-electron chi connectivity index (χ1n) is 10.6. The number of nitrogens with one attached hydrogen (secondary N) is 1. The molecule has 5 rings (SSSR count). The van der Waals surface area contributed by atoms with E-state index in [1.54, 1.807) is 30.1 Å². The van der Waals surface area contributed by atoms with Crippen LogP contribution in [0.4, 0.5) is 5.69 Å². The van der Waals surface area contributed by atoms with Crippen LogP contribution in [0.15, 0.2) is 107 Å². The number of carbonyl (C=O) groups excluding carboxylic acids is 1. The highest BCUT2D eigenvalue weighted by Gasteiger charge is 2.13. The van der Waals surface area contributed by atoms with Crippen LogP contribution < -0.4 is 10.7 Å². The number of anilines is 1. The molecule has 0 spiro atoms. The number of hydrogen-bond acceptors (Lipinski definition) is 4. The van der Waals surface area contributed by atoms with Crippen molar-refractivity contribution in [2.24, 2.45) is 0 Å². The quantitative estimate of drug-likeness (QED) is 0.274. The normalized spacial score (nSPS) is 11.0. The van der Waals surface area contributed by atoms with Crippen LogP contribution in [0.5, 0.6) is 0 Å². The van der Waals surface area contributed by atoms with E-state index in [0.717, 1.165) is 27.4 Å². The SMILES string of the molecule is O=C(Cn1c2ccccc2c(=O)c2ccccc21)Nc1ccc(SCc2cccnc2)cc1. The lowest BCUT2D eigenvalue weighted by Gasteiger charge is -2.15. The van der Waals surface area contributed by atoms with Gasteiger partial charge in [0.05, 0.1) is 11.0 Å². The Labute approximate surface area is 195 Å². The van der Waals surface area contributed by atoms with Crippen molar-refractivity contribution in [3.05, 3.63) is 113 Å². The molecule has 0 aliphatic rings. The summed E-state index contributed by atoms with van der Waals surface area (Å²) in [5, 5.41) is 4.20. The Balaban J connectivity index is 1.34. The number of fused-ring (bicyclic) bond motifs is 2. The first-order valence-corrected chi connectivity index (χ1v) is 11.6. The molecule has 0 fully saturated rings. The van der Waals surface area contributed by atoms with Gasteiger partial charge in [-0.05, 0) is 60.2 Å². The molecule has 0 radical (unpaired) electrons. The number of aromatic nitrogens is 2. The minimum atomic E-state index is -0.148. The van der Waals surface area contributed by atoms with Crippen molar-refractivity contribution >= 4 is 45.2 Å². The second-order valence-corrected chi connectivity index (χ2v) is 8.72. The number of nitrogens with zero attached hydrogens (tertiary/aromatic N) is 2. The molecule has 6 heteroatoms. The zero-order chi connectivity index (χ0) is 22.6. The third kappa shape index (κ3) is 4.52. The summed E-state index contributed by atoms with van der Waals surface area (Å²) in [5.41, 5.74) is 3.38. The molecule has 0 bridgehead atoms. The van der Waals surface area contributed by atoms with Crippen molar-refractivity contribution < 1.29 is 4.79 Å². The molecule has 5 aromatic rings. The van der Waals surface area contributed by atoms with Gasteiger partial charge < -0.3 is 9.88 Å². The Bertz CT molecular complexity index is 1440. The molecule has 1 amide bonds. The van der Waals surface area contributed by atoms with Gasteiger partial charge in [-0.15, -0.1) is 11.8 Å². The molecule has 0 aliphatic heterocycles. The third-order valence-electron chi connectivity index (χ3n) is 5.45. The summed E-state index contributed by atoms with van der Waals surface area (Å²) in [4.78, 5) is 31.1. The van der Waals surface area contributed by atoms with Crippen LogP contribution in [-0.2, 0) is 17.1 Å². The average molecular weight is 452 g/mol. The number of pyridine rings is 2. The van der Waals surface area contributed by atoms with Crippen molar-refractivity contribution in [1.82, 2.24) is 9.55 Å². The molecule has 0 aliphatic carbocycles. The predicted octanol–water partition coefficient (Wildman–Crippen LogP) is 5.48. The molecule has 0 atom stereocenters. The van der Waals surface area contributed by atoms with E-state index >= 15 is 0 Å². The fourth-order valence-corrected chi connectivity index (χ4v) is 4.71. The van der Waals surface area contributed by atoms with Crippen LogP contribution in [0.3, 0.4) is 0 Å². The minimum Gasteiger partial charge on any atom is -0.331 e. The highest BCUT2D eigenvalue weighted by atomic mass is 32.2. The van der Waals surface area contributed by atoms with Crippen LogP contribution in [-0.4, -0.2) is 15.5 Å². The lowest BCUT2D eigenvalue weighted by atomic mass is 10.1. The summed E-state index contributed by atoms with van der Waals surface area (Å²) >= 11 is 1.72. The van der Waals surface area contributed by atoms with Crippen LogP contribution in [0.2, 0.25) is 0 Å². The summed E-state index contributed by atoms with van der Waals surface area (Å²) in [6, 6.07) is 26.6. The second-order valence-electron chi connectivity index (χ2n) is 7.67. The zero-order valence-corrected chi connectivity index (χ0v) is 18.6. The molecule has 5 nitrogen and oxygen atoms in total. The van der Waals surface area contributed by atoms with E-state index in [0.29, 0.717) is 10.8 Å². The van der Waals surface area contributed by atoms with Gasteiger partial charge in [-0.3, -0.25) is 14.6 Å². The standard InChI is InChI=1S/C27H21N3O2S/c31-26(29-20-11-13-21(14-12-20)33-18-19-6-5-15-28-16-19)17-30-24-9-3-1-7-22(24)27(32)23-8-2-4-10-25(23)30/h1-16H,17-18H2,(H,29,31). The van der Waals surface area contributed by atoms with Crippen molar-refractivity contribution in [2.45, 2.75) is 17.2 Å². The van der Waals surface area contributed by atoms with Gasteiger partial charge in [0.2, 0.25) is 5.91 Å². The molecule has 0 unspecified atom stereocenters. The van der Waals surface area contributed by atoms with E-state index in [-0.39, 0.29) is 17.9 Å². The van der Waals surface area contributed by atoms with Gasteiger partial charge in [0, 0.05) is 39.5 Å². The molecule has 33 heavy (non-hydrogen) atoms. The molecule has 162 valence electrons. The van der Waals surface area contributed by atoms with Crippen molar-refractivity contribution in [3.63, 3.8) is 0 Å². The fourth-order valence-electron chi connectivity index (χ4n) is 3.88. The van der Waals surface area contributed by atoms with Gasteiger partial charge in [-0.1, -0.05) is 30.3 Å². The van der Waals surface area contributed by atoms with Crippen molar-refractivity contribution in [3.8, 4) is 0 Å².